The first kappa shape index (κ1) is 21.6. The third-order valence-corrected chi connectivity index (χ3v) is 5.63. The number of ether oxygens (including phenoxy) is 1. The molecule has 0 radical (unpaired) electrons. The molecule has 2 amide bonds. The third kappa shape index (κ3) is 4.97. The van der Waals surface area contributed by atoms with Gasteiger partial charge >= 0.3 is 0 Å². The Kier molecular flexibility index (Phi) is 6.51. The molecule has 166 valence electrons. The molecule has 0 aliphatic carbocycles. The van der Waals surface area contributed by atoms with Crippen molar-refractivity contribution in [1.29, 1.82) is 0 Å². The van der Waals surface area contributed by atoms with E-state index in [1.807, 2.05) is 59.5 Å². The summed E-state index contributed by atoms with van der Waals surface area (Å²) in [6, 6.07) is 17.2. The standard InChI is InChI=1S/C24H27N5O3/c1-32-20-9-5-6-17(14-20)23-21(15-29(27-23)19-7-3-2-4-8-19)24(31)26-18-10-12-28(13-11-18)16-22(25)30/h2-9,14-15,18H,10-13,16H2,1H3,(H2,25,30)(H,26,31). The first-order chi connectivity index (χ1) is 15.5. The number of para-hydroxylation sites is 1. The van der Waals surface area contributed by atoms with Gasteiger partial charge in [0.2, 0.25) is 5.91 Å². The molecule has 0 atom stereocenters. The molecule has 8 heteroatoms. The average Bonchev–Trinajstić information content (AvgIpc) is 3.26. The number of hydrogen-bond acceptors (Lipinski definition) is 5. The predicted octanol–water partition coefficient (Wildman–Crippen LogP) is 2.23. The van der Waals surface area contributed by atoms with Gasteiger partial charge in [-0.3, -0.25) is 14.5 Å². The molecular weight excluding hydrogens is 406 g/mol. The van der Waals surface area contributed by atoms with Crippen molar-refractivity contribution in [3.8, 4) is 22.7 Å². The van der Waals surface area contributed by atoms with E-state index < -0.39 is 0 Å². The summed E-state index contributed by atoms with van der Waals surface area (Å²) < 4.78 is 7.08. The summed E-state index contributed by atoms with van der Waals surface area (Å²) in [7, 11) is 1.61. The van der Waals surface area contributed by atoms with Crippen molar-refractivity contribution in [3.05, 3.63) is 66.4 Å². The van der Waals surface area contributed by atoms with Gasteiger partial charge < -0.3 is 15.8 Å². The highest BCUT2D eigenvalue weighted by Gasteiger charge is 2.25. The highest BCUT2D eigenvalue weighted by Crippen LogP contribution is 2.27. The number of primary amides is 1. The number of likely N-dealkylation sites (tertiary alicyclic amines) is 1. The van der Waals surface area contributed by atoms with Gasteiger partial charge in [0.1, 0.15) is 11.4 Å². The number of amides is 2. The van der Waals surface area contributed by atoms with Crippen LogP contribution in [0.4, 0.5) is 0 Å². The van der Waals surface area contributed by atoms with Crippen LogP contribution in [0.15, 0.2) is 60.8 Å². The normalized spacial score (nSPS) is 14.8. The molecule has 8 nitrogen and oxygen atoms in total. The van der Waals surface area contributed by atoms with E-state index in [-0.39, 0.29) is 24.4 Å². The third-order valence-electron chi connectivity index (χ3n) is 5.63. The topological polar surface area (TPSA) is 102 Å². The number of nitrogens with two attached hydrogens (primary N) is 1. The summed E-state index contributed by atoms with van der Waals surface area (Å²) in [6.45, 7) is 1.70. The summed E-state index contributed by atoms with van der Waals surface area (Å²) in [5.74, 6) is 0.201. The fourth-order valence-corrected chi connectivity index (χ4v) is 3.96. The molecule has 0 unspecified atom stereocenters. The van der Waals surface area contributed by atoms with E-state index in [9.17, 15) is 9.59 Å². The Hall–Kier alpha value is -3.65. The van der Waals surface area contributed by atoms with E-state index in [0.29, 0.717) is 17.0 Å². The Morgan fingerprint density at radius 2 is 1.88 bits per heavy atom. The Labute approximate surface area is 187 Å². The Morgan fingerprint density at radius 1 is 1.12 bits per heavy atom. The van der Waals surface area contributed by atoms with Crippen molar-refractivity contribution in [2.24, 2.45) is 5.73 Å². The number of hydrogen-bond donors (Lipinski definition) is 2. The molecule has 1 aromatic heterocycles. The van der Waals surface area contributed by atoms with Crippen molar-refractivity contribution in [2.45, 2.75) is 18.9 Å². The van der Waals surface area contributed by atoms with E-state index >= 15 is 0 Å². The molecule has 1 aliphatic rings. The zero-order valence-electron chi connectivity index (χ0n) is 18.0. The molecule has 0 saturated carbocycles. The number of aromatic nitrogens is 2. The molecule has 3 N–H and O–H groups in total. The molecule has 2 aromatic carbocycles. The number of methoxy groups -OCH3 is 1. The number of nitrogens with one attached hydrogen (secondary N) is 1. The molecule has 3 aromatic rings. The van der Waals surface area contributed by atoms with Crippen LogP contribution in [0.3, 0.4) is 0 Å². The van der Waals surface area contributed by atoms with Crippen LogP contribution in [0.5, 0.6) is 5.75 Å². The highest BCUT2D eigenvalue weighted by atomic mass is 16.5. The van der Waals surface area contributed by atoms with Gasteiger partial charge in [0.25, 0.3) is 5.91 Å². The first-order valence-corrected chi connectivity index (χ1v) is 10.6. The van der Waals surface area contributed by atoms with Gasteiger partial charge in [-0.15, -0.1) is 0 Å². The maximum atomic E-state index is 13.3. The monoisotopic (exact) mass is 433 g/mol. The number of piperidine rings is 1. The minimum atomic E-state index is -0.330. The van der Waals surface area contributed by atoms with Crippen molar-refractivity contribution in [3.63, 3.8) is 0 Å². The Morgan fingerprint density at radius 3 is 2.56 bits per heavy atom. The van der Waals surface area contributed by atoms with Gasteiger partial charge in [-0.1, -0.05) is 30.3 Å². The van der Waals surface area contributed by atoms with E-state index in [1.165, 1.54) is 0 Å². The molecule has 32 heavy (non-hydrogen) atoms. The van der Waals surface area contributed by atoms with Crippen molar-refractivity contribution in [1.82, 2.24) is 20.0 Å². The second kappa shape index (κ2) is 9.65. The number of carbonyl (C=O) groups is 2. The number of benzene rings is 2. The Balaban J connectivity index is 1.58. The molecule has 1 fully saturated rings. The van der Waals surface area contributed by atoms with E-state index in [4.69, 9.17) is 15.6 Å². The lowest BCUT2D eigenvalue weighted by atomic mass is 10.0. The molecule has 1 saturated heterocycles. The van der Waals surface area contributed by atoms with Crippen LogP contribution in [-0.2, 0) is 4.79 Å². The Bertz CT molecular complexity index is 1090. The SMILES string of the molecule is COc1cccc(-c2nn(-c3ccccc3)cc2C(=O)NC2CCN(CC(N)=O)CC2)c1. The van der Waals surface area contributed by atoms with Crippen LogP contribution in [0.2, 0.25) is 0 Å². The van der Waals surface area contributed by atoms with Gasteiger partial charge in [0.05, 0.1) is 24.9 Å². The first-order valence-electron chi connectivity index (χ1n) is 10.6. The van der Waals surface area contributed by atoms with Crippen molar-refractivity contribution in [2.75, 3.05) is 26.7 Å². The fraction of sp³-hybridized carbons (Fsp3) is 0.292. The predicted molar refractivity (Wildman–Crippen MR) is 122 cm³/mol. The molecular formula is C24H27N5O3. The summed E-state index contributed by atoms with van der Waals surface area (Å²) in [5, 5.41) is 7.87. The number of carbonyl (C=O) groups excluding carboxylic acids is 2. The summed E-state index contributed by atoms with van der Waals surface area (Å²) >= 11 is 0. The van der Waals surface area contributed by atoms with Gasteiger partial charge in [0.15, 0.2) is 0 Å². The lowest BCUT2D eigenvalue weighted by Crippen LogP contribution is -2.46. The number of nitrogens with zero attached hydrogens (tertiary/aromatic N) is 3. The van der Waals surface area contributed by atoms with Gasteiger partial charge in [-0.2, -0.15) is 5.10 Å². The second-order valence-corrected chi connectivity index (χ2v) is 7.89. The largest absolute Gasteiger partial charge is 0.497 e. The average molecular weight is 434 g/mol. The number of rotatable bonds is 7. The minimum absolute atomic E-state index is 0.0323. The maximum Gasteiger partial charge on any atom is 0.255 e. The van der Waals surface area contributed by atoms with E-state index in [0.717, 1.165) is 37.2 Å². The second-order valence-electron chi connectivity index (χ2n) is 7.89. The lowest BCUT2D eigenvalue weighted by molar-refractivity contribution is -0.119. The highest BCUT2D eigenvalue weighted by molar-refractivity contribution is 6.00. The van der Waals surface area contributed by atoms with Crippen LogP contribution >= 0.6 is 0 Å². The van der Waals surface area contributed by atoms with Gasteiger partial charge in [0, 0.05) is 30.9 Å². The smallest absolute Gasteiger partial charge is 0.255 e. The fourth-order valence-electron chi connectivity index (χ4n) is 3.96. The van der Waals surface area contributed by atoms with Crippen LogP contribution in [0, 0.1) is 0 Å². The van der Waals surface area contributed by atoms with Crippen LogP contribution in [0.25, 0.3) is 16.9 Å². The van der Waals surface area contributed by atoms with Crippen LogP contribution in [0.1, 0.15) is 23.2 Å². The molecule has 0 spiro atoms. The molecule has 4 rings (SSSR count). The lowest BCUT2D eigenvalue weighted by Gasteiger charge is -2.31. The van der Waals surface area contributed by atoms with Crippen LogP contribution in [-0.4, -0.2) is 59.3 Å². The summed E-state index contributed by atoms with van der Waals surface area (Å²) in [4.78, 5) is 26.4. The van der Waals surface area contributed by atoms with Crippen molar-refractivity contribution >= 4 is 11.8 Å². The molecule has 0 bridgehead atoms. The van der Waals surface area contributed by atoms with Gasteiger partial charge in [-0.05, 0) is 37.1 Å². The quantitative estimate of drug-likeness (QED) is 0.595. The minimum Gasteiger partial charge on any atom is -0.497 e. The maximum absolute atomic E-state index is 13.3. The summed E-state index contributed by atoms with van der Waals surface area (Å²) in [5.41, 5.74) is 8.06. The van der Waals surface area contributed by atoms with Crippen molar-refractivity contribution < 1.29 is 14.3 Å². The zero-order valence-corrected chi connectivity index (χ0v) is 18.0. The van der Waals surface area contributed by atoms with Gasteiger partial charge in [-0.25, -0.2) is 4.68 Å². The zero-order chi connectivity index (χ0) is 22.5. The van der Waals surface area contributed by atoms with E-state index in [2.05, 4.69) is 5.32 Å². The van der Waals surface area contributed by atoms with E-state index in [1.54, 1.807) is 18.0 Å². The molecule has 1 aliphatic heterocycles. The summed E-state index contributed by atoms with van der Waals surface area (Å²) in [6.07, 6.45) is 3.29. The molecule has 2 heterocycles. The van der Waals surface area contributed by atoms with Crippen LogP contribution < -0.4 is 15.8 Å².